The third-order valence-corrected chi connectivity index (χ3v) is 2.06. The second kappa shape index (κ2) is 3.10. The highest BCUT2D eigenvalue weighted by Gasteiger charge is 2.07. The number of fused-ring (bicyclic) bond motifs is 1. The zero-order chi connectivity index (χ0) is 10.1. The summed E-state index contributed by atoms with van der Waals surface area (Å²) in [6.45, 7) is 2.00. The SMILES string of the molecule is CCc1cn2cc([N+](=O)[O-])ccc2n1. The minimum Gasteiger partial charge on any atom is -0.300 e. The monoisotopic (exact) mass is 191 g/mol. The Labute approximate surface area is 80.2 Å². The predicted molar refractivity (Wildman–Crippen MR) is 51.2 cm³/mol. The van der Waals surface area contributed by atoms with Gasteiger partial charge < -0.3 is 0 Å². The number of hydrogen-bond acceptors (Lipinski definition) is 3. The van der Waals surface area contributed by atoms with Gasteiger partial charge in [-0.05, 0) is 12.5 Å². The third-order valence-electron chi connectivity index (χ3n) is 2.06. The van der Waals surface area contributed by atoms with Gasteiger partial charge in [-0.1, -0.05) is 6.92 Å². The molecule has 5 nitrogen and oxygen atoms in total. The largest absolute Gasteiger partial charge is 0.300 e. The molecule has 0 spiro atoms. The van der Waals surface area contributed by atoms with Gasteiger partial charge in [0.2, 0.25) is 0 Å². The molecule has 0 saturated carbocycles. The lowest BCUT2D eigenvalue weighted by Gasteiger charge is -1.92. The van der Waals surface area contributed by atoms with Gasteiger partial charge in [-0.25, -0.2) is 4.98 Å². The van der Waals surface area contributed by atoms with Crippen LogP contribution in [-0.4, -0.2) is 14.3 Å². The van der Waals surface area contributed by atoms with E-state index in [2.05, 4.69) is 4.98 Å². The summed E-state index contributed by atoms with van der Waals surface area (Å²) in [6, 6.07) is 3.11. The van der Waals surface area contributed by atoms with E-state index in [4.69, 9.17) is 0 Å². The second-order valence-electron chi connectivity index (χ2n) is 3.00. The van der Waals surface area contributed by atoms with Gasteiger partial charge in [0.15, 0.2) is 0 Å². The van der Waals surface area contributed by atoms with E-state index in [0.29, 0.717) is 0 Å². The van der Waals surface area contributed by atoms with Gasteiger partial charge in [-0.15, -0.1) is 0 Å². The summed E-state index contributed by atoms with van der Waals surface area (Å²) in [5, 5.41) is 10.5. The first-order chi connectivity index (χ1) is 6.70. The Kier molecular flexibility index (Phi) is 1.92. The van der Waals surface area contributed by atoms with Crippen molar-refractivity contribution in [3.63, 3.8) is 0 Å². The Morgan fingerprint density at radius 2 is 2.29 bits per heavy atom. The normalized spacial score (nSPS) is 10.6. The fourth-order valence-corrected chi connectivity index (χ4v) is 1.31. The van der Waals surface area contributed by atoms with Crippen molar-refractivity contribution in [3.8, 4) is 0 Å². The first-order valence-electron chi connectivity index (χ1n) is 4.32. The number of imidazole rings is 1. The molecule has 0 aliphatic heterocycles. The van der Waals surface area contributed by atoms with E-state index < -0.39 is 4.92 Å². The van der Waals surface area contributed by atoms with Gasteiger partial charge in [-0.2, -0.15) is 0 Å². The Bertz CT molecular complexity index is 490. The van der Waals surface area contributed by atoms with Crippen molar-refractivity contribution < 1.29 is 4.92 Å². The topological polar surface area (TPSA) is 60.4 Å². The lowest BCUT2D eigenvalue weighted by molar-refractivity contribution is -0.385. The van der Waals surface area contributed by atoms with Crippen molar-refractivity contribution in [1.29, 1.82) is 0 Å². The average Bonchev–Trinajstić information content (AvgIpc) is 2.58. The van der Waals surface area contributed by atoms with Crippen LogP contribution in [0.5, 0.6) is 0 Å². The van der Waals surface area contributed by atoms with Gasteiger partial charge in [0.05, 0.1) is 16.8 Å². The maximum Gasteiger partial charge on any atom is 0.286 e. The summed E-state index contributed by atoms with van der Waals surface area (Å²) >= 11 is 0. The van der Waals surface area contributed by atoms with Crippen molar-refractivity contribution in [1.82, 2.24) is 9.38 Å². The number of aryl methyl sites for hydroxylation is 1. The van der Waals surface area contributed by atoms with Crippen LogP contribution >= 0.6 is 0 Å². The number of aromatic nitrogens is 2. The molecule has 0 bridgehead atoms. The van der Waals surface area contributed by atoms with Crippen LogP contribution < -0.4 is 0 Å². The maximum absolute atomic E-state index is 10.5. The van der Waals surface area contributed by atoms with Crippen LogP contribution in [0.1, 0.15) is 12.6 Å². The molecule has 0 atom stereocenters. The highest BCUT2D eigenvalue weighted by molar-refractivity contribution is 5.45. The molecule has 0 radical (unpaired) electrons. The van der Waals surface area contributed by atoms with E-state index in [1.165, 1.54) is 12.3 Å². The van der Waals surface area contributed by atoms with Gasteiger partial charge in [0, 0.05) is 12.3 Å². The van der Waals surface area contributed by atoms with Crippen LogP contribution in [0.25, 0.3) is 5.65 Å². The summed E-state index contributed by atoms with van der Waals surface area (Å²) in [5.41, 5.74) is 1.76. The van der Waals surface area contributed by atoms with Crippen molar-refractivity contribution in [2.24, 2.45) is 0 Å². The van der Waals surface area contributed by atoms with Crippen LogP contribution in [0.3, 0.4) is 0 Å². The highest BCUT2D eigenvalue weighted by atomic mass is 16.6. The van der Waals surface area contributed by atoms with Crippen LogP contribution in [0, 0.1) is 10.1 Å². The van der Waals surface area contributed by atoms with E-state index >= 15 is 0 Å². The smallest absolute Gasteiger partial charge is 0.286 e. The molecule has 2 aromatic heterocycles. The molecule has 0 N–H and O–H groups in total. The van der Waals surface area contributed by atoms with E-state index in [0.717, 1.165) is 17.8 Å². The maximum atomic E-state index is 10.5. The summed E-state index contributed by atoms with van der Waals surface area (Å²) < 4.78 is 1.68. The van der Waals surface area contributed by atoms with E-state index in [9.17, 15) is 10.1 Å². The molecule has 2 aromatic rings. The molecule has 72 valence electrons. The fraction of sp³-hybridized carbons (Fsp3) is 0.222. The van der Waals surface area contributed by atoms with E-state index in [1.54, 1.807) is 10.5 Å². The number of pyridine rings is 1. The molecule has 2 rings (SSSR count). The summed E-state index contributed by atoms with van der Waals surface area (Å²) in [7, 11) is 0. The van der Waals surface area contributed by atoms with Gasteiger partial charge in [0.1, 0.15) is 5.65 Å². The molecule has 14 heavy (non-hydrogen) atoms. The zero-order valence-corrected chi connectivity index (χ0v) is 7.67. The quantitative estimate of drug-likeness (QED) is 0.537. The molecular formula is C9H9N3O2. The molecule has 0 unspecified atom stereocenters. The molecule has 0 fully saturated rings. The van der Waals surface area contributed by atoms with Crippen molar-refractivity contribution in [3.05, 3.63) is 40.3 Å². The lowest BCUT2D eigenvalue weighted by atomic mass is 10.4. The van der Waals surface area contributed by atoms with Crippen LogP contribution in [0.2, 0.25) is 0 Å². The van der Waals surface area contributed by atoms with E-state index in [1.807, 2.05) is 13.1 Å². The van der Waals surface area contributed by atoms with Crippen molar-refractivity contribution >= 4 is 11.3 Å². The summed E-state index contributed by atoms with van der Waals surface area (Å²) in [4.78, 5) is 14.4. The number of nitro groups is 1. The Balaban J connectivity index is 2.59. The van der Waals surface area contributed by atoms with Crippen LogP contribution in [0.4, 0.5) is 5.69 Å². The molecule has 0 amide bonds. The molecule has 0 aromatic carbocycles. The third kappa shape index (κ3) is 1.32. The standard InChI is InChI=1S/C9H9N3O2/c1-2-7-5-11-6-8(12(13)14)3-4-9(11)10-7/h3-6H,2H2,1H3. The number of rotatable bonds is 2. The molecular weight excluding hydrogens is 182 g/mol. The minimum absolute atomic E-state index is 0.0811. The van der Waals surface area contributed by atoms with Crippen LogP contribution in [0.15, 0.2) is 24.5 Å². The summed E-state index contributed by atoms with van der Waals surface area (Å²) in [5.74, 6) is 0. The fourth-order valence-electron chi connectivity index (χ4n) is 1.31. The molecule has 5 heteroatoms. The van der Waals surface area contributed by atoms with E-state index in [-0.39, 0.29) is 5.69 Å². The lowest BCUT2D eigenvalue weighted by Crippen LogP contribution is -1.90. The Morgan fingerprint density at radius 3 is 2.93 bits per heavy atom. The average molecular weight is 191 g/mol. The van der Waals surface area contributed by atoms with Crippen molar-refractivity contribution in [2.45, 2.75) is 13.3 Å². The predicted octanol–water partition coefficient (Wildman–Crippen LogP) is 1.80. The Hall–Kier alpha value is -1.91. The first-order valence-corrected chi connectivity index (χ1v) is 4.32. The highest BCUT2D eigenvalue weighted by Crippen LogP contribution is 2.13. The number of hydrogen-bond donors (Lipinski definition) is 0. The second-order valence-corrected chi connectivity index (χ2v) is 3.00. The van der Waals surface area contributed by atoms with Crippen molar-refractivity contribution in [2.75, 3.05) is 0 Å². The minimum atomic E-state index is -0.412. The number of nitrogens with zero attached hydrogens (tertiary/aromatic N) is 3. The first kappa shape index (κ1) is 8.68. The zero-order valence-electron chi connectivity index (χ0n) is 7.67. The van der Waals surface area contributed by atoms with Crippen LogP contribution in [-0.2, 0) is 6.42 Å². The summed E-state index contributed by atoms with van der Waals surface area (Å²) in [6.07, 6.45) is 4.11. The molecule has 0 aliphatic rings. The Morgan fingerprint density at radius 1 is 1.50 bits per heavy atom. The molecule has 2 heterocycles. The molecule has 0 aliphatic carbocycles. The van der Waals surface area contributed by atoms with Gasteiger partial charge in [-0.3, -0.25) is 14.5 Å². The molecule has 0 saturated heterocycles. The van der Waals surface area contributed by atoms with Gasteiger partial charge >= 0.3 is 0 Å². The van der Waals surface area contributed by atoms with Gasteiger partial charge in [0.25, 0.3) is 5.69 Å².